The first kappa shape index (κ1) is 10.4. The Morgan fingerprint density at radius 3 is 2.87 bits per heavy atom. The number of nitrogens with one attached hydrogen (secondary N) is 1. The van der Waals surface area contributed by atoms with Crippen molar-refractivity contribution in [1.82, 2.24) is 9.97 Å². The SMILES string of the molecule is CC(C)(C)c1ncc2c(n1)NCC(N)C2. The van der Waals surface area contributed by atoms with Crippen LogP contribution in [-0.4, -0.2) is 22.6 Å². The van der Waals surface area contributed by atoms with E-state index < -0.39 is 0 Å². The summed E-state index contributed by atoms with van der Waals surface area (Å²) in [6, 6.07) is 0.182. The Hall–Kier alpha value is -1.16. The van der Waals surface area contributed by atoms with E-state index in [2.05, 4.69) is 36.1 Å². The minimum Gasteiger partial charge on any atom is -0.368 e. The highest BCUT2D eigenvalue weighted by molar-refractivity contribution is 5.46. The molecule has 82 valence electrons. The predicted molar refractivity (Wildman–Crippen MR) is 60.9 cm³/mol. The topological polar surface area (TPSA) is 63.8 Å². The zero-order chi connectivity index (χ0) is 11.1. The van der Waals surface area contributed by atoms with Crippen molar-refractivity contribution < 1.29 is 0 Å². The van der Waals surface area contributed by atoms with Gasteiger partial charge in [-0.05, 0) is 6.42 Å². The number of nitrogens with zero attached hydrogens (tertiary/aromatic N) is 2. The van der Waals surface area contributed by atoms with E-state index in [1.807, 2.05) is 6.20 Å². The smallest absolute Gasteiger partial charge is 0.135 e. The van der Waals surface area contributed by atoms with Crippen LogP contribution in [0.15, 0.2) is 6.20 Å². The summed E-state index contributed by atoms with van der Waals surface area (Å²) < 4.78 is 0. The fourth-order valence-electron chi connectivity index (χ4n) is 1.65. The molecule has 15 heavy (non-hydrogen) atoms. The third-order valence-corrected chi connectivity index (χ3v) is 2.55. The third-order valence-electron chi connectivity index (χ3n) is 2.55. The first-order chi connectivity index (χ1) is 6.97. The maximum absolute atomic E-state index is 5.86. The summed E-state index contributed by atoms with van der Waals surface area (Å²) in [4.78, 5) is 8.93. The molecule has 0 saturated carbocycles. The van der Waals surface area contributed by atoms with Gasteiger partial charge in [0, 0.05) is 29.8 Å². The van der Waals surface area contributed by atoms with Crippen molar-refractivity contribution >= 4 is 5.82 Å². The first-order valence-corrected chi connectivity index (χ1v) is 5.32. The molecule has 2 rings (SSSR count). The molecule has 0 aromatic carbocycles. The number of rotatable bonds is 0. The Balaban J connectivity index is 2.35. The molecule has 1 unspecified atom stereocenters. The van der Waals surface area contributed by atoms with Crippen LogP contribution in [0.5, 0.6) is 0 Å². The van der Waals surface area contributed by atoms with Gasteiger partial charge in [0.05, 0.1) is 0 Å². The lowest BCUT2D eigenvalue weighted by atomic mass is 9.95. The Bertz CT molecular complexity index is 367. The molecule has 1 aliphatic rings. The zero-order valence-electron chi connectivity index (χ0n) is 9.54. The van der Waals surface area contributed by atoms with Crippen molar-refractivity contribution in [3.8, 4) is 0 Å². The molecule has 4 nitrogen and oxygen atoms in total. The Morgan fingerprint density at radius 2 is 2.20 bits per heavy atom. The molecule has 4 heteroatoms. The normalized spacial score (nSPS) is 20.7. The number of fused-ring (bicyclic) bond motifs is 1. The van der Waals surface area contributed by atoms with Crippen molar-refractivity contribution in [1.29, 1.82) is 0 Å². The molecule has 1 atom stereocenters. The molecule has 3 N–H and O–H groups in total. The van der Waals surface area contributed by atoms with Crippen LogP contribution in [0.2, 0.25) is 0 Å². The standard InChI is InChI=1S/C11H18N4/c1-11(2,3)10-14-5-7-4-8(12)6-13-9(7)15-10/h5,8H,4,6,12H2,1-3H3,(H,13,14,15). The van der Waals surface area contributed by atoms with Crippen molar-refractivity contribution in [2.45, 2.75) is 38.6 Å². The second-order valence-corrected chi connectivity index (χ2v) is 5.16. The molecule has 1 aromatic heterocycles. The van der Waals surface area contributed by atoms with Gasteiger partial charge in [0.1, 0.15) is 11.6 Å². The Labute approximate surface area is 90.3 Å². The highest BCUT2D eigenvalue weighted by Gasteiger charge is 2.22. The Morgan fingerprint density at radius 1 is 1.47 bits per heavy atom. The predicted octanol–water partition coefficient (Wildman–Crippen LogP) is 1.07. The molecular formula is C11H18N4. The van der Waals surface area contributed by atoms with E-state index in [4.69, 9.17) is 5.73 Å². The van der Waals surface area contributed by atoms with E-state index in [1.165, 1.54) is 0 Å². The van der Waals surface area contributed by atoms with Gasteiger partial charge in [-0.3, -0.25) is 0 Å². The van der Waals surface area contributed by atoms with Gasteiger partial charge in [-0.2, -0.15) is 0 Å². The van der Waals surface area contributed by atoms with Gasteiger partial charge in [-0.15, -0.1) is 0 Å². The molecule has 0 aliphatic carbocycles. The van der Waals surface area contributed by atoms with E-state index in [1.54, 1.807) is 0 Å². The van der Waals surface area contributed by atoms with Gasteiger partial charge >= 0.3 is 0 Å². The number of anilines is 1. The third kappa shape index (κ3) is 2.09. The number of hydrogen-bond donors (Lipinski definition) is 2. The second-order valence-electron chi connectivity index (χ2n) is 5.16. The lowest BCUT2D eigenvalue weighted by molar-refractivity contribution is 0.541. The molecule has 0 amide bonds. The highest BCUT2D eigenvalue weighted by atomic mass is 15.1. The number of aromatic nitrogens is 2. The van der Waals surface area contributed by atoms with Crippen LogP contribution in [0.25, 0.3) is 0 Å². The quantitative estimate of drug-likeness (QED) is 0.666. The van der Waals surface area contributed by atoms with Gasteiger partial charge in [0.15, 0.2) is 0 Å². The van der Waals surface area contributed by atoms with Gasteiger partial charge in [-0.25, -0.2) is 9.97 Å². The molecule has 1 aliphatic heterocycles. The van der Waals surface area contributed by atoms with Crippen molar-refractivity contribution in [2.24, 2.45) is 5.73 Å². The minimum atomic E-state index is -0.00370. The van der Waals surface area contributed by atoms with Gasteiger partial charge in [0.25, 0.3) is 0 Å². The van der Waals surface area contributed by atoms with Gasteiger partial charge < -0.3 is 11.1 Å². The summed E-state index contributed by atoms with van der Waals surface area (Å²) in [5.74, 6) is 1.83. The van der Waals surface area contributed by atoms with E-state index in [9.17, 15) is 0 Å². The highest BCUT2D eigenvalue weighted by Crippen LogP contribution is 2.23. The van der Waals surface area contributed by atoms with Crippen LogP contribution < -0.4 is 11.1 Å². The molecule has 0 saturated heterocycles. The molecular weight excluding hydrogens is 188 g/mol. The molecule has 0 bridgehead atoms. The van der Waals surface area contributed by atoms with Crippen LogP contribution in [0, 0.1) is 0 Å². The largest absolute Gasteiger partial charge is 0.368 e. The maximum Gasteiger partial charge on any atom is 0.135 e. The number of hydrogen-bond acceptors (Lipinski definition) is 4. The summed E-state index contributed by atoms with van der Waals surface area (Å²) in [5, 5.41) is 3.25. The van der Waals surface area contributed by atoms with Crippen molar-refractivity contribution in [3.63, 3.8) is 0 Å². The summed E-state index contributed by atoms with van der Waals surface area (Å²) >= 11 is 0. The molecule has 0 fully saturated rings. The average molecular weight is 206 g/mol. The fraction of sp³-hybridized carbons (Fsp3) is 0.636. The van der Waals surface area contributed by atoms with Crippen molar-refractivity contribution in [2.75, 3.05) is 11.9 Å². The first-order valence-electron chi connectivity index (χ1n) is 5.32. The van der Waals surface area contributed by atoms with Crippen LogP contribution in [0.3, 0.4) is 0 Å². The van der Waals surface area contributed by atoms with E-state index >= 15 is 0 Å². The van der Waals surface area contributed by atoms with Crippen molar-refractivity contribution in [3.05, 3.63) is 17.6 Å². The van der Waals surface area contributed by atoms with Gasteiger partial charge in [0.2, 0.25) is 0 Å². The molecule has 2 heterocycles. The summed E-state index contributed by atoms with van der Waals surface area (Å²) in [6.45, 7) is 7.14. The maximum atomic E-state index is 5.86. The fourth-order valence-corrected chi connectivity index (χ4v) is 1.65. The average Bonchev–Trinajstić information content (AvgIpc) is 2.15. The van der Waals surface area contributed by atoms with E-state index in [-0.39, 0.29) is 11.5 Å². The summed E-state index contributed by atoms with van der Waals surface area (Å²) in [7, 11) is 0. The van der Waals surface area contributed by atoms with E-state index in [0.29, 0.717) is 0 Å². The van der Waals surface area contributed by atoms with Gasteiger partial charge in [-0.1, -0.05) is 20.8 Å². The van der Waals surface area contributed by atoms with Crippen LogP contribution >= 0.6 is 0 Å². The number of nitrogens with two attached hydrogens (primary N) is 1. The molecule has 0 spiro atoms. The van der Waals surface area contributed by atoms with Crippen LogP contribution in [0.1, 0.15) is 32.2 Å². The Kier molecular flexibility index (Phi) is 2.38. The van der Waals surface area contributed by atoms with Crippen LogP contribution in [-0.2, 0) is 11.8 Å². The second kappa shape index (κ2) is 3.45. The summed E-state index contributed by atoms with van der Waals surface area (Å²) in [6.07, 6.45) is 2.77. The monoisotopic (exact) mass is 206 g/mol. The zero-order valence-corrected chi connectivity index (χ0v) is 9.54. The molecule has 0 radical (unpaired) electrons. The lowest BCUT2D eigenvalue weighted by Gasteiger charge is -2.24. The lowest BCUT2D eigenvalue weighted by Crippen LogP contribution is -2.36. The minimum absolute atomic E-state index is 0.00370. The van der Waals surface area contributed by atoms with E-state index in [0.717, 1.165) is 30.2 Å². The molecule has 1 aromatic rings. The van der Waals surface area contributed by atoms with Crippen LogP contribution in [0.4, 0.5) is 5.82 Å². The summed E-state index contributed by atoms with van der Waals surface area (Å²) in [5.41, 5.74) is 6.98.